The van der Waals surface area contributed by atoms with Crippen LogP contribution in [0.2, 0.25) is 0 Å². The summed E-state index contributed by atoms with van der Waals surface area (Å²) in [6, 6.07) is 15.0. The zero-order valence-corrected chi connectivity index (χ0v) is 14.7. The molecule has 1 heterocycles. The van der Waals surface area contributed by atoms with E-state index >= 15 is 0 Å². The molecule has 0 saturated carbocycles. The Kier molecular flexibility index (Phi) is 5.38. The Labute approximate surface area is 153 Å². The largest absolute Gasteiger partial charge is 0.451 e. The summed E-state index contributed by atoms with van der Waals surface area (Å²) in [5.74, 6) is -1.63. The minimum atomic E-state index is -0.614. The fourth-order valence-electron chi connectivity index (χ4n) is 2.25. The zero-order valence-electron chi connectivity index (χ0n) is 13.9. The fourth-order valence-corrected chi connectivity index (χ4v) is 3.22. The summed E-state index contributed by atoms with van der Waals surface area (Å²) in [7, 11) is 0. The molecular formula is C19H15FN2O3S. The van der Waals surface area contributed by atoms with Crippen LogP contribution in [0.4, 0.5) is 10.1 Å². The van der Waals surface area contributed by atoms with Gasteiger partial charge in [-0.2, -0.15) is 0 Å². The molecule has 2 aromatic carbocycles. The Morgan fingerprint density at radius 1 is 1.15 bits per heavy atom. The summed E-state index contributed by atoms with van der Waals surface area (Å²) in [5, 5.41) is 3.17. The highest BCUT2D eigenvalue weighted by atomic mass is 32.1. The van der Waals surface area contributed by atoms with Crippen LogP contribution in [0.25, 0.3) is 10.6 Å². The highest BCUT2D eigenvalue weighted by Gasteiger charge is 2.18. The van der Waals surface area contributed by atoms with E-state index in [1.54, 1.807) is 13.0 Å². The minimum absolute atomic E-state index is 0.298. The van der Waals surface area contributed by atoms with Gasteiger partial charge in [0.2, 0.25) is 0 Å². The maximum absolute atomic E-state index is 13.1. The molecule has 0 aliphatic rings. The lowest BCUT2D eigenvalue weighted by atomic mass is 10.2. The second-order valence-electron chi connectivity index (χ2n) is 5.43. The minimum Gasteiger partial charge on any atom is -0.451 e. The predicted octanol–water partition coefficient (Wildman–Crippen LogP) is 4.05. The van der Waals surface area contributed by atoms with Gasteiger partial charge in [0.05, 0.1) is 5.69 Å². The maximum atomic E-state index is 13.1. The molecule has 3 aromatic rings. The first-order valence-corrected chi connectivity index (χ1v) is 8.60. The summed E-state index contributed by atoms with van der Waals surface area (Å²) in [6.07, 6.45) is 0. The van der Waals surface area contributed by atoms with Crippen molar-refractivity contribution >= 4 is 28.9 Å². The Balaban J connectivity index is 1.61. The first-order chi connectivity index (χ1) is 12.5. The number of anilines is 1. The molecule has 0 radical (unpaired) electrons. The van der Waals surface area contributed by atoms with Crippen LogP contribution >= 0.6 is 11.3 Å². The van der Waals surface area contributed by atoms with E-state index < -0.39 is 24.3 Å². The van der Waals surface area contributed by atoms with Crippen molar-refractivity contribution in [1.82, 2.24) is 4.98 Å². The number of hydrogen-bond donors (Lipinski definition) is 1. The third-order valence-corrected chi connectivity index (χ3v) is 4.63. The van der Waals surface area contributed by atoms with Crippen molar-refractivity contribution in [2.75, 3.05) is 11.9 Å². The van der Waals surface area contributed by atoms with Crippen LogP contribution in [0.1, 0.15) is 15.4 Å². The van der Waals surface area contributed by atoms with Gasteiger partial charge in [-0.15, -0.1) is 11.3 Å². The third kappa shape index (κ3) is 4.31. The average molecular weight is 370 g/mol. The summed E-state index contributed by atoms with van der Waals surface area (Å²) < 4.78 is 18.1. The maximum Gasteiger partial charge on any atom is 0.350 e. The molecule has 0 bridgehead atoms. The Bertz CT molecular complexity index is 941. The molecular weight excluding hydrogens is 355 g/mol. The molecule has 0 aliphatic carbocycles. The number of nitrogens with zero attached hydrogens (tertiary/aromatic N) is 1. The van der Waals surface area contributed by atoms with Gasteiger partial charge in [0.15, 0.2) is 6.61 Å². The molecule has 7 heteroatoms. The molecule has 3 rings (SSSR count). The van der Waals surface area contributed by atoms with Crippen LogP contribution in [0.5, 0.6) is 0 Å². The van der Waals surface area contributed by atoms with Crippen molar-refractivity contribution < 1.29 is 18.7 Å². The van der Waals surface area contributed by atoms with E-state index in [2.05, 4.69) is 10.3 Å². The monoisotopic (exact) mass is 370 g/mol. The average Bonchev–Trinajstić information content (AvgIpc) is 3.02. The molecule has 0 fully saturated rings. The second-order valence-corrected chi connectivity index (χ2v) is 6.43. The van der Waals surface area contributed by atoms with Gasteiger partial charge in [0.25, 0.3) is 5.91 Å². The fraction of sp³-hybridized carbons (Fsp3) is 0.105. The van der Waals surface area contributed by atoms with E-state index in [9.17, 15) is 14.0 Å². The van der Waals surface area contributed by atoms with Crippen LogP contribution in [0.15, 0.2) is 54.6 Å². The van der Waals surface area contributed by atoms with Gasteiger partial charge in [0.1, 0.15) is 15.7 Å². The van der Waals surface area contributed by atoms with Crippen LogP contribution in [-0.2, 0) is 9.53 Å². The number of carbonyl (C=O) groups is 2. The Morgan fingerprint density at radius 3 is 2.65 bits per heavy atom. The van der Waals surface area contributed by atoms with Crippen molar-refractivity contribution in [3.63, 3.8) is 0 Å². The van der Waals surface area contributed by atoms with Crippen LogP contribution < -0.4 is 5.32 Å². The normalized spacial score (nSPS) is 10.4. The molecule has 1 aromatic heterocycles. The number of halogens is 1. The number of carbonyl (C=O) groups excluding carboxylic acids is 2. The summed E-state index contributed by atoms with van der Waals surface area (Å²) in [5.41, 5.74) is 1.75. The van der Waals surface area contributed by atoms with Gasteiger partial charge in [-0.1, -0.05) is 36.4 Å². The lowest BCUT2D eigenvalue weighted by Crippen LogP contribution is -2.20. The van der Waals surface area contributed by atoms with Crippen LogP contribution in [-0.4, -0.2) is 23.5 Å². The zero-order chi connectivity index (χ0) is 18.5. The van der Waals surface area contributed by atoms with Gasteiger partial charge >= 0.3 is 5.97 Å². The summed E-state index contributed by atoms with van der Waals surface area (Å²) >= 11 is 1.21. The Hall–Kier alpha value is -3.06. The number of hydrogen-bond acceptors (Lipinski definition) is 5. The first-order valence-electron chi connectivity index (χ1n) is 7.78. The molecule has 0 spiro atoms. The molecule has 0 unspecified atom stereocenters. The molecule has 0 saturated heterocycles. The topological polar surface area (TPSA) is 68.3 Å². The number of aromatic nitrogens is 1. The highest BCUT2D eigenvalue weighted by molar-refractivity contribution is 7.17. The number of esters is 1. The molecule has 1 N–H and O–H groups in total. The molecule has 1 amide bonds. The molecule has 5 nitrogen and oxygen atoms in total. The van der Waals surface area contributed by atoms with Crippen molar-refractivity contribution in [3.05, 3.63) is 71.0 Å². The summed E-state index contributed by atoms with van der Waals surface area (Å²) in [6.45, 7) is 1.25. The van der Waals surface area contributed by atoms with Crippen LogP contribution in [0, 0.1) is 12.7 Å². The molecule has 26 heavy (non-hydrogen) atoms. The molecule has 132 valence electrons. The predicted molar refractivity (Wildman–Crippen MR) is 97.6 cm³/mol. The van der Waals surface area contributed by atoms with E-state index in [4.69, 9.17) is 4.74 Å². The van der Waals surface area contributed by atoms with Crippen LogP contribution in [0.3, 0.4) is 0 Å². The van der Waals surface area contributed by atoms with Crippen molar-refractivity contribution in [2.45, 2.75) is 6.92 Å². The number of nitrogens with one attached hydrogen (secondary N) is 1. The van der Waals surface area contributed by atoms with E-state index in [-0.39, 0.29) is 0 Å². The number of ether oxygens (including phenoxy) is 1. The SMILES string of the molecule is Cc1nc(-c2ccccc2)sc1C(=O)OCC(=O)Nc1cccc(F)c1. The lowest BCUT2D eigenvalue weighted by molar-refractivity contribution is -0.119. The molecule has 0 aliphatic heterocycles. The number of thiazole rings is 1. The van der Waals surface area contributed by atoms with Gasteiger partial charge in [-0.25, -0.2) is 14.2 Å². The van der Waals surface area contributed by atoms with Crippen molar-refractivity contribution in [3.8, 4) is 10.6 Å². The standard InChI is InChI=1S/C19H15FN2O3S/c1-12-17(26-18(21-12)13-6-3-2-4-7-13)19(24)25-11-16(23)22-15-9-5-8-14(20)10-15/h2-10H,11H2,1H3,(H,22,23). The van der Waals surface area contributed by atoms with E-state index in [1.807, 2.05) is 30.3 Å². The second kappa shape index (κ2) is 7.88. The van der Waals surface area contributed by atoms with Gasteiger partial charge < -0.3 is 10.1 Å². The Morgan fingerprint density at radius 2 is 1.92 bits per heavy atom. The smallest absolute Gasteiger partial charge is 0.350 e. The van der Waals surface area contributed by atoms with Crippen molar-refractivity contribution in [1.29, 1.82) is 0 Å². The van der Waals surface area contributed by atoms with E-state index in [0.29, 0.717) is 21.3 Å². The lowest BCUT2D eigenvalue weighted by Gasteiger charge is -2.06. The van der Waals surface area contributed by atoms with Gasteiger partial charge in [-0.3, -0.25) is 4.79 Å². The van der Waals surface area contributed by atoms with Gasteiger partial charge in [0, 0.05) is 11.3 Å². The molecule has 0 atom stereocenters. The summed E-state index contributed by atoms with van der Waals surface area (Å²) in [4.78, 5) is 28.8. The number of amides is 1. The number of benzene rings is 2. The third-order valence-electron chi connectivity index (χ3n) is 3.45. The number of aryl methyl sites for hydroxylation is 1. The quantitative estimate of drug-likeness (QED) is 0.688. The first kappa shape index (κ1) is 17.8. The van der Waals surface area contributed by atoms with Crippen molar-refractivity contribution in [2.24, 2.45) is 0 Å². The van der Waals surface area contributed by atoms with Gasteiger partial charge in [-0.05, 0) is 25.1 Å². The highest BCUT2D eigenvalue weighted by Crippen LogP contribution is 2.28. The van der Waals surface area contributed by atoms with E-state index in [1.165, 1.54) is 29.5 Å². The van der Waals surface area contributed by atoms with E-state index in [0.717, 1.165) is 5.56 Å². The number of rotatable bonds is 5.